The minimum atomic E-state index is -0.563. The topological polar surface area (TPSA) is 36.0 Å². The molecule has 1 amide bonds. The Morgan fingerprint density at radius 2 is 1.85 bits per heavy atom. The summed E-state index contributed by atoms with van der Waals surface area (Å²) in [7, 11) is 3.67. The molecule has 0 saturated carbocycles. The summed E-state index contributed by atoms with van der Waals surface area (Å²) in [6.45, 7) is 6.27. The molecule has 2 saturated heterocycles. The largest absolute Gasteiger partial charge is 0.379 e. The molecule has 0 aromatic heterocycles. The van der Waals surface area contributed by atoms with Crippen molar-refractivity contribution in [3.8, 4) is 0 Å². The summed E-state index contributed by atoms with van der Waals surface area (Å²) >= 11 is 0. The van der Waals surface area contributed by atoms with Crippen molar-refractivity contribution < 1.29 is 13.9 Å². The third-order valence-electron chi connectivity index (χ3n) is 5.50. The van der Waals surface area contributed by atoms with E-state index in [2.05, 4.69) is 4.90 Å². The normalized spacial score (nSPS) is 21.2. The Hall–Kier alpha value is -1.50. The second kappa shape index (κ2) is 8.93. The van der Waals surface area contributed by atoms with Crippen molar-refractivity contribution in [3.05, 3.63) is 35.6 Å². The molecular weight excluding hydrogens is 333 g/mol. The van der Waals surface area contributed by atoms with Crippen LogP contribution in [0.25, 0.3) is 0 Å². The van der Waals surface area contributed by atoms with Gasteiger partial charge in [-0.2, -0.15) is 0 Å². The van der Waals surface area contributed by atoms with Crippen molar-refractivity contribution in [3.63, 3.8) is 0 Å². The zero-order valence-corrected chi connectivity index (χ0v) is 15.9. The molecular formula is C20H30FN3O2. The van der Waals surface area contributed by atoms with Gasteiger partial charge in [-0.05, 0) is 38.9 Å². The maximum absolute atomic E-state index is 14.2. The van der Waals surface area contributed by atoms with Crippen LogP contribution in [0.3, 0.4) is 0 Å². The van der Waals surface area contributed by atoms with Gasteiger partial charge in [0.15, 0.2) is 0 Å². The number of benzene rings is 1. The number of ether oxygens (including phenoxy) is 1. The average Bonchev–Trinajstić information content (AvgIpc) is 2.64. The molecule has 2 aliphatic rings. The zero-order chi connectivity index (χ0) is 18.5. The first kappa shape index (κ1) is 19.3. The van der Waals surface area contributed by atoms with E-state index in [4.69, 9.17) is 4.74 Å². The van der Waals surface area contributed by atoms with E-state index < -0.39 is 6.04 Å². The number of nitrogens with zero attached hydrogens (tertiary/aromatic N) is 3. The van der Waals surface area contributed by atoms with E-state index in [1.54, 1.807) is 23.1 Å². The van der Waals surface area contributed by atoms with Crippen molar-refractivity contribution >= 4 is 5.91 Å². The summed E-state index contributed by atoms with van der Waals surface area (Å²) in [5, 5.41) is 0. The van der Waals surface area contributed by atoms with Crippen LogP contribution in [0.4, 0.5) is 4.39 Å². The van der Waals surface area contributed by atoms with E-state index in [1.807, 2.05) is 19.0 Å². The van der Waals surface area contributed by atoms with Crippen LogP contribution in [-0.4, -0.2) is 80.6 Å². The summed E-state index contributed by atoms with van der Waals surface area (Å²) in [4.78, 5) is 19.3. The molecule has 6 heteroatoms. The Bertz CT molecular complexity index is 596. The third kappa shape index (κ3) is 4.61. The minimum Gasteiger partial charge on any atom is -0.379 e. The summed E-state index contributed by atoms with van der Waals surface area (Å²) < 4.78 is 19.6. The van der Waals surface area contributed by atoms with Gasteiger partial charge in [0, 0.05) is 38.3 Å². The Morgan fingerprint density at radius 3 is 2.46 bits per heavy atom. The molecule has 0 N–H and O–H groups in total. The van der Waals surface area contributed by atoms with Crippen molar-refractivity contribution in [2.45, 2.75) is 18.9 Å². The highest BCUT2D eigenvalue weighted by Gasteiger charge is 2.32. The molecule has 0 aliphatic carbocycles. The summed E-state index contributed by atoms with van der Waals surface area (Å²) in [5.41, 5.74) is 0.456. The molecule has 2 fully saturated rings. The first-order valence-corrected chi connectivity index (χ1v) is 9.56. The number of carbonyl (C=O) groups excluding carboxylic acids is 1. The zero-order valence-electron chi connectivity index (χ0n) is 15.9. The van der Waals surface area contributed by atoms with Gasteiger partial charge in [0.05, 0.1) is 13.2 Å². The fraction of sp³-hybridized carbons (Fsp3) is 0.650. The quantitative estimate of drug-likeness (QED) is 0.802. The van der Waals surface area contributed by atoms with E-state index in [0.29, 0.717) is 11.5 Å². The van der Waals surface area contributed by atoms with Gasteiger partial charge in [-0.1, -0.05) is 18.2 Å². The van der Waals surface area contributed by atoms with Crippen LogP contribution in [-0.2, 0) is 9.53 Å². The summed E-state index contributed by atoms with van der Waals surface area (Å²) in [6.07, 6.45) is 2.03. The van der Waals surface area contributed by atoms with Crippen molar-refractivity contribution in [1.29, 1.82) is 0 Å². The van der Waals surface area contributed by atoms with Crippen molar-refractivity contribution in [2.24, 2.45) is 5.92 Å². The first-order chi connectivity index (χ1) is 12.6. The lowest BCUT2D eigenvalue weighted by Gasteiger charge is -2.38. The third-order valence-corrected chi connectivity index (χ3v) is 5.50. The number of rotatable bonds is 5. The van der Waals surface area contributed by atoms with Crippen molar-refractivity contribution in [2.75, 3.05) is 60.0 Å². The summed E-state index contributed by atoms with van der Waals surface area (Å²) in [6, 6.07) is 6.02. The molecule has 1 aromatic rings. The average molecular weight is 363 g/mol. The van der Waals surface area contributed by atoms with E-state index in [1.165, 1.54) is 6.07 Å². The second-order valence-electron chi connectivity index (χ2n) is 7.57. The van der Waals surface area contributed by atoms with Crippen LogP contribution < -0.4 is 0 Å². The lowest BCUT2D eigenvalue weighted by molar-refractivity contribution is -0.138. The number of piperidine rings is 1. The number of amides is 1. The fourth-order valence-corrected chi connectivity index (χ4v) is 3.99. The second-order valence-corrected chi connectivity index (χ2v) is 7.57. The minimum absolute atomic E-state index is 0.00456. The van der Waals surface area contributed by atoms with Gasteiger partial charge >= 0.3 is 0 Å². The van der Waals surface area contributed by atoms with Gasteiger partial charge in [-0.15, -0.1) is 0 Å². The van der Waals surface area contributed by atoms with E-state index in [0.717, 1.165) is 58.8 Å². The SMILES string of the molecule is CN(C)[C@H](C(=O)N1CCC(CN2CCOCC2)CC1)c1ccccc1F. The molecule has 0 bridgehead atoms. The number of hydrogen-bond acceptors (Lipinski definition) is 4. The Balaban J connectivity index is 1.58. The van der Waals surface area contributed by atoms with Crippen LogP contribution in [0.15, 0.2) is 24.3 Å². The molecule has 2 aliphatic heterocycles. The van der Waals surface area contributed by atoms with E-state index in [-0.39, 0.29) is 11.7 Å². The highest BCUT2D eigenvalue weighted by molar-refractivity contribution is 5.83. The number of halogens is 1. The van der Waals surface area contributed by atoms with Gasteiger partial charge in [0.25, 0.3) is 0 Å². The van der Waals surface area contributed by atoms with Crippen LogP contribution in [0.5, 0.6) is 0 Å². The molecule has 144 valence electrons. The molecule has 5 nitrogen and oxygen atoms in total. The molecule has 0 unspecified atom stereocenters. The van der Waals surface area contributed by atoms with Crippen LogP contribution in [0.1, 0.15) is 24.4 Å². The van der Waals surface area contributed by atoms with Crippen LogP contribution in [0, 0.1) is 11.7 Å². The molecule has 1 aromatic carbocycles. The van der Waals surface area contributed by atoms with Gasteiger partial charge < -0.3 is 9.64 Å². The molecule has 0 spiro atoms. The van der Waals surface area contributed by atoms with E-state index in [9.17, 15) is 9.18 Å². The smallest absolute Gasteiger partial charge is 0.244 e. The standard InChI is InChI=1S/C20H30FN3O2/c1-22(2)19(17-5-3-4-6-18(17)21)20(25)24-9-7-16(8-10-24)15-23-11-13-26-14-12-23/h3-6,16,19H,7-15H2,1-2H3/t19-/m0/s1. The van der Waals surface area contributed by atoms with Gasteiger partial charge in [0.1, 0.15) is 11.9 Å². The first-order valence-electron chi connectivity index (χ1n) is 9.56. The number of likely N-dealkylation sites (N-methyl/N-ethyl adjacent to an activating group) is 1. The van der Waals surface area contributed by atoms with Crippen LogP contribution >= 0.6 is 0 Å². The number of carbonyl (C=O) groups is 1. The number of morpholine rings is 1. The maximum Gasteiger partial charge on any atom is 0.244 e. The molecule has 0 radical (unpaired) electrons. The highest BCUT2D eigenvalue weighted by Crippen LogP contribution is 2.27. The number of hydrogen-bond donors (Lipinski definition) is 0. The Morgan fingerprint density at radius 1 is 1.19 bits per heavy atom. The molecule has 1 atom stereocenters. The van der Waals surface area contributed by atoms with Crippen LogP contribution in [0.2, 0.25) is 0 Å². The Kier molecular flexibility index (Phi) is 6.62. The lowest BCUT2D eigenvalue weighted by Crippen LogP contribution is -2.47. The van der Waals surface area contributed by atoms with Gasteiger partial charge in [-0.3, -0.25) is 14.6 Å². The Labute approximate surface area is 155 Å². The van der Waals surface area contributed by atoms with E-state index >= 15 is 0 Å². The predicted molar refractivity (Wildman–Crippen MR) is 99.4 cm³/mol. The number of likely N-dealkylation sites (tertiary alicyclic amines) is 1. The predicted octanol–water partition coefficient (Wildman–Crippen LogP) is 2.00. The molecule has 3 rings (SSSR count). The molecule has 26 heavy (non-hydrogen) atoms. The lowest BCUT2D eigenvalue weighted by atomic mass is 9.94. The fourth-order valence-electron chi connectivity index (χ4n) is 3.99. The molecule has 2 heterocycles. The maximum atomic E-state index is 14.2. The van der Waals surface area contributed by atoms with Gasteiger partial charge in [-0.25, -0.2) is 4.39 Å². The van der Waals surface area contributed by atoms with Gasteiger partial charge in [0.2, 0.25) is 5.91 Å². The monoisotopic (exact) mass is 363 g/mol. The summed E-state index contributed by atoms with van der Waals surface area (Å²) in [5.74, 6) is 0.315. The van der Waals surface area contributed by atoms with Crippen molar-refractivity contribution in [1.82, 2.24) is 14.7 Å². The highest BCUT2D eigenvalue weighted by atomic mass is 19.1.